The first-order chi connectivity index (χ1) is 13.0. The summed E-state index contributed by atoms with van der Waals surface area (Å²) in [5.41, 5.74) is -0.0217. The lowest BCUT2D eigenvalue weighted by Crippen LogP contribution is -2.17. The number of pyridine rings is 1. The number of nitrogens with one attached hydrogen (secondary N) is 1. The maximum absolute atomic E-state index is 12.9. The van der Waals surface area contributed by atoms with Crippen LogP contribution in [0.2, 0.25) is 0 Å². The highest BCUT2D eigenvalue weighted by atomic mass is 19.4. The van der Waals surface area contributed by atoms with Gasteiger partial charge in [-0.3, -0.25) is 0 Å². The topological polar surface area (TPSA) is 52.0 Å². The van der Waals surface area contributed by atoms with Crippen LogP contribution in [-0.4, -0.2) is 14.5 Å². The van der Waals surface area contributed by atoms with Crippen molar-refractivity contribution in [1.82, 2.24) is 19.9 Å². The number of ether oxygens (including phenoxy) is 1. The highest BCUT2D eigenvalue weighted by molar-refractivity contribution is 5.35. The van der Waals surface area contributed by atoms with E-state index < -0.39 is 11.7 Å². The summed E-state index contributed by atoms with van der Waals surface area (Å²) in [5, 5.41) is 3.26. The lowest BCUT2D eigenvalue weighted by molar-refractivity contribution is -0.137. The molecule has 1 N–H and O–H groups in total. The molecule has 142 valence electrons. The van der Waals surface area contributed by atoms with Gasteiger partial charge in [-0.05, 0) is 31.2 Å². The number of hydrogen-bond acceptors (Lipinski definition) is 4. The average molecular weight is 376 g/mol. The van der Waals surface area contributed by atoms with E-state index in [1.54, 1.807) is 12.3 Å². The zero-order valence-corrected chi connectivity index (χ0v) is 14.7. The van der Waals surface area contributed by atoms with Gasteiger partial charge in [-0.15, -0.1) is 0 Å². The van der Waals surface area contributed by atoms with Crippen molar-refractivity contribution in [3.05, 3.63) is 71.9 Å². The molecule has 5 nitrogen and oxygen atoms in total. The summed E-state index contributed by atoms with van der Waals surface area (Å²) in [6.45, 7) is 3.86. The Morgan fingerprint density at radius 2 is 1.93 bits per heavy atom. The van der Waals surface area contributed by atoms with Gasteiger partial charge >= 0.3 is 6.18 Å². The number of benzene rings is 1. The van der Waals surface area contributed by atoms with Gasteiger partial charge in [0.05, 0.1) is 12.1 Å². The van der Waals surface area contributed by atoms with Crippen molar-refractivity contribution in [1.29, 1.82) is 0 Å². The number of imidazole rings is 1. The summed E-state index contributed by atoms with van der Waals surface area (Å²) in [4.78, 5) is 8.44. The molecular weight excluding hydrogens is 357 g/mol. The van der Waals surface area contributed by atoms with Crippen LogP contribution in [0.3, 0.4) is 0 Å². The minimum atomic E-state index is -4.42. The van der Waals surface area contributed by atoms with Crippen LogP contribution in [-0.2, 0) is 25.8 Å². The normalized spacial score (nSPS) is 11.6. The molecule has 2 heterocycles. The maximum atomic E-state index is 12.9. The van der Waals surface area contributed by atoms with Gasteiger partial charge in [-0.2, -0.15) is 13.2 Å². The monoisotopic (exact) mass is 376 g/mol. The van der Waals surface area contributed by atoms with E-state index in [9.17, 15) is 13.2 Å². The SMILES string of the molecule is CCn1ccnc1CNCc1cccnc1Oc1cccc(C(F)(F)F)c1. The molecule has 0 unspecified atom stereocenters. The summed E-state index contributed by atoms with van der Waals surface area (Å²) in [7, 11) is 0. The molecular formula is C19H19F3N4O. The smallest absolute Gasteiger partial charge is 0.416 e. The fourth-order valence-electron chi connectivity index (χ4n) is 2.60. The number of rotatable bonds is 7. The Kier molecular flexibility index (Phi) is 5.75. The fourth-order valence-corrected chi connectivity index (χ4v) is 2.60. The Bertz CT molecular complexity index is 892. The van der Waals surface area contributed by atoms with Crippen molar-refractivity contribution in [2.75, 3.05) is 0 Å². The van der Waals surface area contributed by atoms with Crippen molar-refractivity contribution in [2.45, 2.75) is 32.7 Å². The molecule has 0 atom stereocenters. The maximum Gasteiger partial charge on any atom is 0.416 e. The third-order valence-corrected chi connectivity index (χ3v) is 3.97. The summed E-state index contributed by atoms with van der Waals surface area (Å²) in [5.74, 6) is 1.26. The second kappa shape index (κ2) is 8.22. The highest BCUT2D eigenvalue weighted by Crippen LogP contribution is 2.32. The molecule has 3 rings (SSSR count). The van der Waals surface area contributed by atoms with E-state index >= 15 is 0 Å². The quantitative estimate of drug-likeness (QED) is 0.664. The van der Waals surface area contributed by atoms with E-state index in [-0.39, 0.29) is 11.6 Å². The van der Waals surface area contributed by atoms with E-state index in [1.807, 2.05) is 23.8 Å². The van der Waals surface area contributed by atoms with E-state index in [0.717, 1.165) is 30.1 Å². The summed E-state index contributed by atoms with van der Waals surface area (Å²) >= 11 is 0. The van der Waals surface area contributed by atoms with Crippen LogP contribution in [0, 0.1) is 0 Å². The molecule has 3 aromatic rings. The zero-order chi connectivity index (χ0) is 19.3. The predicted molar refractivity (Wildman–Crippen MR) is 94.2 cm³/mol. The van der Waals surface area contributed by atoms with Crippen LogP contribution in [0.25, 0.3) is 0 Å². The predicted octanol–water partition coefficient (Wildman–Crippen LogP) is 4.40. The first-order valence-corrected chi connectivity index (χ1v) is 8.47. The molecule has 0 radical (unpaired) electrons. The highest BCUT2D eigenvalue weighted by Gasteiger charge is 2.30. The molecule has 2 aromatic heterocycles. The van der Waals surface area contributed by atoms with Crippen LogP contribution in [0.5, 0.6) is 11.6 Å². The molecule has 0 aliphatic carbocycles. The first kappa shape index (κ1) is 18.9. The van der Waals surface area contributed by atoms with Gasteiger partial charge < -0.3 is 14.6 Å². The summed E-state index contributed by atoms with van der Waals surface area (Å²) in [6.07, 6.45) is 0.765. The van der Waals surface area contributed by atoms with E-state index in [1.165, 1.54) is 18.3 Å². The molecule has 0 aliphatic heterocycles. The van der Waals surface area contributed by atoms with Crippen LogP contribution in [0.1, 0.15) is 23.9 Å². The number of alkyl halides is 3. The van der Waals surface area contributed by atoms with Gasteiger partial charge in [0, 0.05) is 37.2 Å². The van der Waals surface area contributed by atoms with Crippen molar-refractivity contribution in [3.8, 4) is 11.6 Å². The number of hydrogen-bond donors (Lipinski definition) is 1. The van der Waals surface area contributed by atoms with Gasteiger partial charge in [0.25, 0.3) is 0 Å². The second-order valence-electron chi connectivity index (χ2n) is 5.83. The number of nitrogens with zero attached hydrogens (tertiary/aromatic N) is 3. The van der Waals surface area contributed by atoms with Gasteiger partial charge in [0.1, 0.15) is 11.6 Å². The molecule has 0 spiro atoms. The van der Waals surface area contributed by atoms with Crippen LogP contribution in [0.15, 0.2) is 55.0 Å². The molecule has 0 saturated heterocycles. The minimum Gasteiger partial charge on any atom is -0.439 e. The Labute approximate surface area is 154 Å². The minimum absolute atomic E-state index is 0.0892. The van der Waals surface area contributed by atoms with Crippen molar-refractivity contribution in [2.24, 2.45) is 0 Å². The van der Waals surface area contributed by atoms with Gasteiger partial charge in [-0.1, -0.05) is 12.1 Å². The lowest BCUT2D eigenvalue weighted by Gasteiger charge is -2.12. The van der Waals surface area contributed by atoms with E-state index in [4.69, 9.17) is 4.74 Å². The van der Waals surface area contributed by atoms with Gasteiger partial charge in [-0.25, -0.2) is 9.97 Å². The van der Waals surface area contributed by atoms with Crippen molar-refractivity contribution >= 4 is 0 Å². The summed E-state index contributed by atoms with van der Waals surface area (Å²) in [6, 6.07) is 8.31. The standard InChI is InChI=1S/C19H19F3N4O/c1-2-26-10-9-24-17(26)13-23-12-14-5-4-8-25-18(14)27-16-7-3-6-15(11-16)19(20,21)22/h3-11,23H,2,12-13H2,1H3. The molecule has 0 bridgehead atoms. The molecule has 8 heteroatoms. The average Bonchev–Trinajstić information content (AvgIpc) is 3.10. The van der Waals surface area contributed by atoms with E-state index in [0.29, 0.717) is 13.1 Å². The van der Waals surface area contributed by atoms with Crippen LogP contribution >= 0.6 is 0 Å². The van der Waals surface area contributed by atoms with Crippen molar-refractivity contribution in [3.63, 3.8) is 0 Å². The third-order valence-electron chi connectivity index (χ3n) is 3.97. The fraction of sp³-hybridized carbons (Fsp3) is 0.263. The molecule has 27 heavy (non-hydrogen) atoms. The van der Waals surface area contributed by atoms with E-state index in [2.05, 4.69) is 15.3 Å². The molecule has 0 saturated carbocycles. The molecule has 0 aliphatic rings. The summed E-state index contributed by atoms with van der Waals surface area (Å²) < 4.78 is 46.2. The van der Waals surface area contributed by atoms with Crippen LogP contribution < -0.4 is 10.1 Å². The lowest BCUT2D eigenvalue weighted by atomic mass is 10.2. The van der Waals surface area contributed by atoms with Gasteiger partial charge in [0.15, 0.2) is 0 Å². The molecule has 1 aromatic carbocycles. The first-order valence-electron chi connectivity index (χ1n) is 8.47. The number of aryl methyl sites for hydroxylation is 1. The Balaban J connectivity index is 1.69. The molecule has 0 amide bonds. The van der Waals surface area contributed by atoms with Crippen molar-refractivity contribution < 1.29 is 17.9 Å². The number of halogens is 3. The van der Waals surface area contributed by atoms with Gasteiger partial charge in [0.2, 0.25) is 5.88 Å². The Morgan fingerprint density at radius 3 is 2.70 bits per heavy atom. The Hall–Kier alpha value is -2.87. The Morgan fingerprint density at radius 1 is 1.07 bits per heavy atom. The molecule has 0 fully saturated rings. The van der Waals surface area contributed by atoms with Crippen LogP contribution in [0.4, 0.5) is 13.2 Å². The third kappa shape index (κ3) is 4.85. The number of aromatic nitrogens is 3. The second-order valence-corrected chi connectivity index (χ2v) is 5.83. The largest absolute Gasteiger partial charge is 0.439 e. The zero-order valence-electron chi connectivity index (χ0n) is 14.7.